The molecule has 1 atom stereocenters. The number of ether oxygens (including phenoxy) is 1. The predicted octanol–water partition coefficient (Wildman–Crippen LogP) is 4.14. The molecule has 1 aromatic carbocycles. The van der Waals surface area contributed by atoms with Crippen LogP contribution in [-0.4, -0.2) is 28.1 Å². The Balaban J connectivity index is 1.70. The Morgan fingerprint density at radius 1 is 1.03 bits per heavy atom. The monoisotopic (exact) mass is 433 g/mol. The summed E-state index contributed by atoms with van der Waals surface area (Å²) in [5.74, 6) is 0.163. The van der Waals surface area contributed by atoms with Gasteiger partial charge in [-0.25, -0.2) is 0 Å². The van der Waals surface area contributed by atoms with Crippen molar-refractivity contribution in [2.75, 3.05) is 13.2 Å². The van der Waals surface area contributed by atoms with Gasteiger partial charge in [-0.3, -0.25) is 9.97 Å². The fraction of sp³-hybridized carbons (Fsp3) is 0.148. The Labute approximate surface area is 193 Å². The average molecular weight is 434 g/mol. The first-order chi connectivity index (χ1) is 16.3. The molecule has 2 aliphatic rings. The summed E-state index contributed by atoms with van der Waals surface area (Å²) in [6.07, 6.45) is 9.19. The largest absolute Gasteiger partial charge is 0.384 e. The summed E-state index contributed by atoms with van der Waals surface area (Å²) in [5, 5.41) is 10.1. The van der Waals surface area contributed by atoms with Crippen LogP contribution in [0.4, 0.5) is 0 Å². The highest BCUT2D eigenvalue weighted by atomic mass is 16.5. The molecule has 2 N–H and O–H groups in total. The van der Waals surface area contributed by atoms with Crippen molar-refractivity contribution < 1.29 is 4.74 Å². The van der Waals surface area contributed by atoms with Crippen LogP contribution < -0.4 is 5.73 Å². The van der Waals surface area contributed by atoms with Crippen molar-refractivity contribution in [3.05, 3.63) is 124 Å². The fourth-order valence-corrected chi connectivity index (χ4v) is 4.51. The van der Waals surface area contributed by atoms with E-state index in [0.717, 1.165) is 33.5 Å². The quantitative estimate of drug-likeness (QED) is 0.665. The number of nitrogens with two attached hydrogens (primary N) is 1. The zero-order valence-electron chi connectivity index (χ0n) is 18.1. The number of hydrogen-bond acceptors (Lipinski definition) is 6. The fourth-order valence-electron chi connectivity index (χ4n) is 4.51. The van der Waals surface area contributed by atoms with Crippen molar-refractivity contribution in [1.82, 2.24) is 14.9 Å². The van der Waals surface area contributed by atoms with Gasteiger partial charge in [0.05, 0.1) is 30.6 Å². The average Bonchev–Trinajstić information content (AvgIpc) is 2.87. The lowest BCUT2D eigenvalue weighted by molar-refractivity contribution is 0.157. The van der Waals surface area contributed by atoms with Crippen molar-refractivity contribution in [3.63, 3.8) is 0 Å². The zero-order chi connectivity index (χ0) is 22.6. The number of allylic oxidation sites excluding steroid dienone is 1. The van der Waals surface area contributed by atoms with E-state index in [1.54, 1.807) is 18.6 Å². The van der Waals surface area contributed by atoms with E-state index in [9.17, 15) is 5.26 Å². The Kier molecular flexibility index (Phi) is 5.71. The van der Waals surface area contributed by atoms with E-state index in [1.165, 1.54) is 0 Å². The molecule has 0 aliphatic carbocycles. The summed E-state index contributed by atoms with van der Waals surface area (Å²) in [6.45, 7) is 1.43. The molecule has 0 fully saturated rings. The molecule has 6 heteroatoms. The van der Waals surface area contributed by atoms with E-state index in [0.29, 0.717) is 31.2 Å². The number of benzene rings is 1. The van der Waals surface area contributed by atoms with Crippen LogP contribution in [0, 0.1) is 11.3 Å². The Morgan fingerprint density at radius 2 is 1.82 bits per heavy atom. The Bertz CT molecular complexity index is 1270. The van der Waals surface area contributed by atoms with Crippen LogP contribution in [0.1, 0.15) is 22.6 Å². The third-order valence-corrected chi connectivity index (χ3v) is 5.94. The highest BCUT2D eigenvalue weighted by Gasteiger charge is 2.38. The number of nitrogens with zero attached hydrogens (tertiary/aromatic N) is 4. The number of rotatable bonds is 4. The van der Waals surface area contributed by atoms with Crippen molar-refractivity contribution in [1.29, 1.82) is 5.26 Å². The number of aromatic nitrogens is 2. The van der Waals surface area contributed by atoms with Gasteiger partial charge in [0.2, 0.25) is 0 Å². The van der Waals surface area contributed by atoms with Crippen LogP contribution in [0.15, 0.2) is 108 Å². The summed E-state index contributed by atoms with van der Waals surface area (Å²) < 4.78 is 6.04. The molecule has 0 bridgehead atoms. The standard InChI is InChI=1S/C27H23N5O/c28-13-23-25(21-9-5-11-31-15-21)24-18-33-17-22(12-20-8-4-10-30-14-20)26(24)32(27(23)29)16-19-6-2-1-3-7-19/h1-12,14-15,25H,16-18,29H2/t25-/m0/s1. The predicted molar refractivity (Wildman–Crippen MR) is 126 cm³/mol. The van der Waals surface area contributed by atoms with Crippen LogP contribution >= 0.6 is 0 Å². The molecule has 0 saturated carbocycles. The molecule has 162 valence electrons. The van der Waals surface area contributed by atoms with Gasteiger partial charge in [0.15, 0.2) is 0 Å². The van der Waals surface area contributed by atoms with E-state index >= 15 is 0 Å². The molecule has 6 nitrogen and oxygen atoms in total. The second-order valence-electron chi connectivity index (χ2n) is 8.02. The lowest BCUT2D eigenvalue weighted by Gasteiger charge is -2.41. The molecular formula is C27H23N5O. The smallest absolute Gasteiger partial charge is 0.118 e. The van der Waals surface area contributed by atoms with Crippen molar-refractivity contribution in [3.8, 4) is 6.07 Å². The van der Waals surface area contributed by atoms with E-state index < -0.39 is 0 Å². The van der Waals surface area contributed by atoms with Crippen LogP contribution in [-0.2, 0) is 11.3 Å². The van der Waals surface area contributed by atoms with E-state index in [1.807, 2.05) is 48.7 Å². The number of pyridine rings is 2. The zero-order valence-corrected chi connectivity index (χ0v) is 18.1. The van der Waals surface area contributed by atoms with Gasteiger partial charge < -0.3 is 15.4 Å². The number of hydrogen-bond donors (Lipinski definition) is 1. The second-order valence-corrected chi connectivity index (χ2v) is 8.02. The van der Waals surface area contributed by atoms with Crippen LogP contribution in [0.5, 0.6) is 0 Å². The van der Waals surface area contributed by atoms with Gasteiger partial charge >= 0.3 is 0 Å². The molecule has 4 heterocycles. The molecule has 0 radical (unpaired) electrons. The summed E-state index contributed by atoms with van der Waals surface area (Å²) in [7, 11) is 0. The third kappa shape index (κ3) is 4.02. The summed E-state index contributed by atoms with van der Waals surface area (Å²) in [4.78, 5) is 10.6. The lowest BCUT2D eigenvalue weighted by atomic mass is 9.79. The Morgan fingerprint density at radius 3 is 2.52 bits per heavy atom. The van der Waals surface area contributed by atoms with Crippen molar-refractivity contribution in [2.45, 2.75) is 12.5 Å². The van der Waals surface area contributed by atoms with Gasteiger partial charge in [-0.15, -0.1) is 0 Å². The van der Waals surface area contributed by atoms with Crippen LogP contribution in [0.2, 0.25) is 0 Å². The normalized spacial score (nSPS) is 19.4. The molecule has 5 rings (SSSR count). The topological polar surface area (TPSA) is 88.1 Å². The van der Waals surface area contributed by atoms with E-state index in [-0.39, 0.29) is 5.92 Å². The summed E-state index contributed by atoms with van der Waals surface area (Å²) >= 11 is 0. The maximum atomic E-state index is 10.1. The molecule has 0 amide bonds. The van der Waals surface area contributed by atoms with Gasteiger partial charge in [-0.2, -0.15) is 5.26 Å². The molecule has 0 saturated heterocycles. The summed E-state index contributed by atoms with van der Waals surface area (Å²) in [6, 6.07) is 20.3. The molecule has 0 unspecified atom stereocenters. The highest BCUT2D eigenvalue weighted by molar-refractivity contribution is 5.64. The Hall–Kier alpha value is -4.21. The molecule has 0 spiro atoms. The first kappa shape index (κ1) is 20.7. The maximum Gasteiger partial charge on any atom is 0.118 e. The first-order valence-corrected chi connectivity index (χ1v) is 10.8. The first-order valence-electron chi connectivity index (χ1n) is 10.8. The lowest BCUT2D eigenvalue weighted by Crippen LogP contribution is -2.39. The van der Waals surface area contributed by atoms with Gasteiger partial charge in [-0.1, -0.05) is 42.5 Å². The number of nitriles is 1. The van der Waals surface area contributed by atoms with Gasteiger partial charge in [0.1, 0.15) is 5.82 Å². The third-order valence-electron chi connectivity index (χ3n) is 5.94. The van der Waals surface area contributed by atoms with Gasteiger partial charge in [0.25, 0.3) is 0 Å². The van der Waals surface area contributed by atoms with Crippen molar-refractivity contribution >= 4 is 6.08 Å². The molecule has 2 aliphatic heterocycles. The molecule has 2 aromatic heterocycles. The minimum atomic E-state index is -0.302. The molecule has 3 aromatic rings. The van der Waals surface area contributed by atoms with Gasteiger partial charge in [0, 0.05) is 42.8 Å². The minimum absolute atomic E-state index is 0.302. The van der Waals surface area contributed by atoms with E-state index in [2.05, 4.69) is 39.1 Å². The highest BCUT2D eigenvalue weighted by Crippen LogP contribution is 2.44. The summed E-state index contributed by atoms with van der Waals surface area (Å²) in [5.41, 5.74) is 13.3. The van der Waals surface area contributed by atoms with Crippen LogP contribution in [0.3, 0.4) is 0 Å². The minimum Gasteiger partial charge on any atom is -0.384 e. The SMILES string of the molecule is N#CC1=C(N)N(Cc2ccccc2)C2=C(COCC2=Cc2cccnc2)[C@H]1c1cccnc1. The van der Waals surface area contributed by atoms with Gasteiger partial charge in [-0.05, 0) is 40.5 Å². The molecular weight excluding hydrogens is 410 g/mol. The molecule has 33 heavy (non-hydrogen) atoms. The van der Waals surface area contributed by atoms with Crippen molar-refractivity contribution in [2.24, 2.45) is 5.73 Å². The second kappa shape index (κ2) is 9.11. The van der Waals surface area contributed by atoms with E-state index in [4.69, 9.17) is 10.5 Å². The van der Waals surface area contributed by atoms with Crippen LogP contribution in [0.25, 0.3) is 6.08 Å². The maximum absolute atomic E-state index is 10.1.